The smallest absolute Gasteiger partial charge is 0.433 e. The SMILES string of the molecule is CC[C@@]1(OC[N+](C)(C)Cc2ccc([N+](=O)[O-])o2)C(=O)OCc2c1cc1n(c2=O)Cc2cc3ccccc3nc2-1. The van der Waals surface area contributed by atoms with E-state index in [2.05, 4.69) is 0 Å². The molecule has 0 fully saturated rings. The number of nitrogens with zero attached hydrogens (tertiary/aromatic N) is 4. The van der Waals surface area contributed by atoms with Gasteiger partial charge in [0.2, 0.25) is 0 Å². The second-order valence-corrected chi connectivity index (χ2v) is 10.6. The van der Waals surface area contributed by atoms with Gasteiger partial charge in [-0.15, -0.1) is 0 Å². The molecule has 0 amide bonds. The number of cyclic esters (lactones) is 1. The molecule has 0 unspecified atom stereocenters. The van der Waals surface area contributed by atoms with E-state index in [4.69, 9.17) is 18.9 Å². The highest BCUT2D eigenvalue weighted by Crippen LogP contribution is 2.41. The van der Waals surface area contributed by atoms with Gasteiger partial charge in [-0.3, -0.25) is 19.4 Å². The summed E-state index contributed by atoms with van der Waals surface area (Å²) in [6.07, 6.45) is 0.242. The van der Waals surface area contributed by atoms with Crippen molar-refractivity contribution < 1.29 is 28.1 Å². The number of aromatic nitrogens is 2. The van der Waals surface area contributed by atoms with Gasteiger partial charge in [-0.2, -0.15) is 0 Å². The molecule has 0 radical (unpaired) electrons. The number of hydrogen-bond donors (Lipinski definition) is 0. The summed E-state index contributed by atoms with van der Waals surface area (Å²) in [5, 5.41) is 12.0. The van der Waals surface area contributed by atoms with E-state index in [-0.39, 0.29) is 42.2 Å². The van der Waals surface area contributed by atoms with Gasteiger partial charge in [0.25, 0.3) is 5.56 Å². The molecule has 0 saturated carbocycles. The predicted octanol–water partition coefficient (Wildman–Crippen LogP) is 3.84. The molecule has 0 N–H and O–H groups in total. The lowest BCUT2D eigenvalue weighted by atomic mass is 9.85. The molecule has 0 aliphatic carbocycles. The van der Waals surface area contributed by atoms with Crippen LogP contribution in [0.1, 0.15) is 35.8 Å². The molecule has 39 heavy (non-hydrogen) atoms. The third-order valence-electron chi connectivity index (χ3n) is 7.46. The Labute approximate surface area is 222 Å². The summed E-state index contributed by atoms with van der Waals surface area (Å²) >= 11 is 0. The van der Waals surface area contributed by atoms with Crippen LogP contribution in [0.2, 0.25) is 0 Å². The van der Waals surface area contributed by atoms with Crippen molar-refractivity contribution >= 4 is 22.8 Å². The molecular weight excluding hydrogens is 504 g/mol. The minimum atomic E-state index is -1.49. The third kappa shape index (κ3) is 4.01. The van der Waals surface area contributed by atoms with Gasteiger partial charge in [0.05, 0.1) is 49.2 Å². The Morgan fingerprint density at radius 2 is 1.97 bits per heavy atom. The highest BCUT2D eigenvalue weighted by atomic mass is 16.6. The first-order valence-electron chi connectivity index (χ1n) is 12.6. The lowest BCUT2D eigenvalue weighted by Crippen LogP contribution is -2.50. The largest absolute Gasteiger partial charge is 0.458 e. The number of carbonyl (C=O) groups is 1. The minimum absolute atomic E-state index is 0.0504. The van der Waals surface area contributed by atoms with Gasteiger partial charge in [-0.1, -0.05) is 25.1 Å². The van der Waals surface area contributed by atoms with Crippen LogP contribution < -0.4 is 5.56 Å². The Bertz CT molecular complexity index is 1720. The van der Waals surface area contributed by atoms with E-state index in [1.165, 1.54) is 6.07 Å². The fourth-order valence-electron chi connectivity index (χ4n) is 5.45. The average Bonchev–Trinajstić information content (AvgIpc) is 3.52. The van der Waals surface area contributed by atoms with E-state index >= 15 is 0 Å². The van der Waals surface area contributed by atoms with Gasteiger partial charge in [-0.05, 0) is 30.7 Å². The van der Waals surface area contributed by atoms with Crippen LogP contribution >= 0.6 is 0 Å². The maximum absolute atomic E-state index is 13.7. The number of benzene rings is 1. The molecule has 2 aliphatic heterocycles. The van der Waals surface area contributed by atoms with Crippen molar-refractivity contribution in [2.45, 2.75) is 38.6 Å². The van der Waals surface area contributed by atoms with Crippen LogP contribution in [-0.4, -0.2) is 45.8 Å². The number of ether oxygens (including phenoxy) is 2. The van der Waals surface area contributed by atoms with Crippen molar-refractivity contribution in [1.29, 1.82) is 0 Å². The van der Waals surface area contributed by atoms with Gasteiger partial charge in [0.1, 0.15) is 18.1 Å². The number of rotatable bonds is 7. The number of pyridine rings is 2. The van der Waals surface area contributed by atoms with E-state index in [1.54, 1.807) is 10.6 Å². The molecule has 5 heterocycles. The summed E-state index contributed by atoms with van der Waals surface area (Å²) < 4.78 is 19.1. The van der Waals surface area contributed by atoms with Gasteiger partial charge in [0, 0.05) is 16.5 Å². The molecule has 11 heteroatoms. The van der Waals surface area contributed by atoms with Crippen LogP contribution in [0.4, 0.5) is 5.88 Å². The Hall–Kier alpha value is -4.35. The molecule has 1 aromatic carbocycles. The first kappa shape index (κ1) is 25.0. The van der Waals surface area contributed by atoms with E-state index in [1.807, 2.05) is 57.4 Å². The molecule has 1 atom stereocenters. The highest BCUT2D eigenvalue weighted by molar-refractivity contribution is 5.86. The van der Waals surface area contributed by atoms with E-state index in [9.17, 15) is 19.7 Å². The molecule has 11 nitrogen and oxygen atoms in total. The Morgan fingerprint density at radius 3 is 2.72 bits per heavy atom. The van der Waals surface area contributed by atoms with Gasteiger partial charge in [-0.25, -0.2) is 9.78 Å². The molecule has 4 aromatic rings. The van der Waals surface area contributed by atoms with Crippen LogP contribution in [0, 0.1) is 10.1 Å². The summed E-state index contributed by atoms with van der Waals surface area (Å²) in [4.78, 5) is 42.3. The number of quaternary nitrogens is 1. The van der Waals surface area contributed by atoms with Crippen molar-refractivity contribution in [2.75, 3.05) is 20.8 Å². The molecule has 2 aliphatic rings. The van der Waals surface area contributed by atoms with Crippen LogP contribution in [0.3, 0.4) is 0 Å². The molecule has 0 saturated heterocycles. The lowest BCUT2D eigenvalue weighted by molar-refractivity contribution is -0.925. The van der Waals surface area contributed by atoms with Crippen LogP contribution in [0.25, 0.3) is 22.3 Å². The van der Waals surface area contributed by atoms with Crippen LogP contribution in [-0.2, 0) is 39.6 Å². The second-order valence-electron chi connectivity index (χ2n) is 10.6. The predicted molar refractivity (Wildman–Crippen MR) is 139 cm³/mol. The van der Waals surface area contributed by atoms with Gasteiger partial charge < -0.3 is 18.5 Å². The Kier molecular flexibility index (Phi) is 5.67. The molecule has 3 aromatic heterocycles. The number of carbonyl (C=O) groups excluding carboxylic acids is 1. The quantitative estimate of drug-likeness (QED) is 0.102. The standard InChI is InChI=1S/C28H27N4O7/c1-4-28(38-16-32(2,3)14-19-9-10-24(39-19)31(35)36)21-12-23-25-18(11-17-7-5-6-8-22(17)29-25)13-30(23)26(33)20(21)15-37-27(28)34/h5-12H,4,13-16H2,1-3H3/q+1/t28-/m0/s1. The lowest BCUT2D eigenvalue weighted by Gasteiger charge is -2.38. The zero-order chi connectivity index (χ0) is 27.5. The second kappa shape index (κ2) is 8.85. The monoisotopic (exact) mass is 531 g/mol. The summed E-state index contributed by atoms with van der Waals surface area (Å²) in [7, 11) is 3.71. The average molecular weight is 532 g/mol. The number of para-hydroxylation sites is 1. The number of fused-ring (bicyclic) bond motifs is 5. The summed E-state index contributed by atoms with van der Waals surface area (Å²) in [5.74, 6) is -0.477. The molecule has 0 spiro atoms. The van der Waals surface area contributed by atoms with Crippen molar-refractivity contribution in [1.82, 2.24) is 9.55 Å². The van der Waals surface area contributed by atoms with Crippen LogP contribution in [0.15, 0.2) is 57.7 Å². The van der Waals surface area contributed by atoms with E-state index in [0.29, 0.717) is 34.8 Å². The van der Waals surface area contributed by atoms with E-state index < -0.39 is 16.5 Å². The molecule has 6 rings (SSSR count). The molecular formula is C28H27N4O7+. The highest BCUT2D eigenvalue weighted by Gasteiger charge is 2.49. The van der Waals surface area contributed by atoms with Crippen molar-refractivity contribution in [3.05, 3.63) is 91.4 Å². The topological polar surface area (TPSA) is 127 Å². The van der Waals surface area contributed by atoms with Gasteiger partial charge in [0.15, 0.2) is 18.1 Å². The number of hydrogen-bond acceptors (Lipinski definition) is 8. The van der Waals surface area contributed by atoms with Gasteiger partial charge >= 0.3 is 11.9 Å². The maximum Gasteiger partial charge on any atom is 0.433 e. The fourth-order valence-corrected chi connectivity index (χ4v) is 5.45. The third-order valence-corrected chi connectivity index (χ3v) is 7.46. The minimum Gasteiger partial charge on any atom is -0.458 e. The maximum atomic E-state index is 13.7. The molecule has 0 bridgehead atoms. The number of furan rings is 1. The van der Waals surface area contributed by atoms with E-state index in [0.717, 1.165) is 16.5 Å². The Morgan fingerprint density at radius 1 is 1.18 bits per heavy atom. The number of esters is 1. The molecule has 200 valence electrons. The first-order valence-corrected chi connectivity index (χ1v) is 12.6. The summed E-state index contributed by atoms with van der Waals surface area (Å²) in [6, 6.07) is 14.5. The van der Waals surface area contributed by atoms with Crippen molar-refractivity contribution in [2.24, 2.45) is 0 Å². The zero-order valence-corrected chi connectivity index (χ0v) is 21.8. The normalized spacial score (nSPS) is 18.0. The zero-order valence-electron chi connectivity index (χ0n) is 21.8. The number of nitro groups is 1. The Balaban J connectivity index is 1.38. The first-order chi connectivity index (χ1) is 18.6. The summed E-state index contributed by atoms with van der Waals surface area (Å²) in [5.41, 5.74) is 2.29. The van der Waals surface area contributed by atoms with Crippen molar-refractivity contribution in [3.63, 3.8) is 0 Å². The fraction of sp³-hybridized carbons (Fsp3) is 0.321. The summed E-state index contributed by atoms with van der Waals surface area (Å²) in [6.45, 7) is 2.42. The van der Waals surface area contributed by atoms with Crippen molar-refractivity contribution in [3.8, 4) is 11.4 Å². The van der Waals surface area contributed by atoms with Crippen LogP contribution in [0.5, 0.6) is 0 Å².